The molecule has 1 aromatic carbocycles. The highest BCUT2D eigenvalue weighted by atomic mass is 16.5. The molecular weight excluding hydrogens is 252 g/mol. The third kappa shape index (κ3) is 2.30. The van der Waals surface area contributed by atoms with Crippen LogP contribution in [0, 0.1) is 0 Å². The summed E-state index contributed by atoms with van der Waals surface area (Å²) in [7, 11) is 1.68. The summed E-state index contributed by atoms with van der Waals surface area (Å²) in [6.07, 6.45) is 4.53. The van der Waals surface area contributed by atoms with E-state index in [0.717, 1.165) is 28.8 Å². The molecule has 20 heavy (non-hydrogen) atoms. The maximum Gasteiger partial charge on any atom is 0.119 e. The van der Waals surface area contributed by atoms with Crippen molar-refractivity contribution in [2.24, 2.45) is 5.73 Å². The first kappa shape index (κ1) is 12.8. The number of aromatic nitrogens is 1. The summed E-state index contributed by atoms with van der Waals surface area (Å²) in [5, 5.41) is 1.16. The monoisotopic (exact) mass is 270 g/mol. The molecule has 0 aliphatic carbocycles. The molecule has 0 aliphatic rings. The van der Waals surface area contributed by atoms with Gasteiger partial charge in [-0.3, -0.25) is 0 Å². The standard InChI is InChI=1S/C16H18N2O2/c1-19-12-4-5-16-14(8-12)15(10-18-16)11(9-17)7-13-3-2-6-20-13/h2-6,8,10-11,18H,7,9,17H2,1H3. The van der Waals surface area contributed by atoms with E-state index in [9.17, 15) is 0 Å². The van der Waals surface area contributed by atoms with E-state index in [4.69, 9.17) is 14.9 Å². The number of H-pyrrole nitrogens is 1. The molecule has 0 saturated heterocycles. The van der Waals surface area contributed by atoms with Crippen LogP contribution < -0.4 is 10.5 Å². The number of fused-ring (bicyclic) bond motifs is 1. The summed E-state index contributed by atoms with van der Waals surface area (Å²) in [6.45, 7) is 0.574. The van der Waals surface area contributed by atoms with Crippen LogP contribution in [0.25, 0.3) is 10.9 Å². The average molecular weight is 270 g/mol. The molecule has 2 heterocycles. The third-order valence-corrected chi connectivity index (χ3v) is 3.67. The van der Waals surface area contributed by atoms with Gasteiger partial charge in [-0.05, 0) is 42.4 Å². The predicted octanol–water partition coefficient (Wildman–Crippen LogP) is 3.05. The van der Waals surface area contributed by atoms with E-state index in [1.165, 1.54) is 5.56 Å². The van der Waals surface area contributed by atoms with E-state index in [2.05, 4.69) is 4.98 Å². The van der Waals surface area contributed by atoms with E-state index in [0.29, 0.717) is 6.54 Å². The summed E-state index contributed by atoms with van der Waals surface area (Å²) in [5.41, 5.74) is 8.26. The molecule has 0 aliphatic heterocycles. The maximum atomic E-state index is 5.96. The Labute approximate surface area is 117 Å². The first-order chi connectivity index (χ1) is 9.81. The lowest BCUT2D eigenvalue weighted by atomic mass is 9.94. The fourth-order valence-electron chi connectivity index (χ4n) is 2.58. The fourth-order valence-corrected chi connectivity index (χ4v) is 2.58. The molecule has 1 atom stereocenters. The summed E-state index contributed by atoms with van der Waals surface area (Å²) < 4.78 is 10.7. The van der Waals surface area contributed by atoms with Crippen molar-refractivity contribution in [1.82, 2.24) is 4.98 Å². The Morgan fingerprint density at radius 1 is 1.35 bits per heavy atom. The van der Waals surface area contributed by atoms with Crippen LogP contribution in [0.4, 0.5) is 0 Å². The van der Waals surface area contributed by atoms with Crippen molar-refractivity contribution in [3.63, 3.8) is 0 Å². The molecular formula is C16H18N2O2. The minimum absolute atomic E-state index is 0.224. The molecule has 104 valence electrons. The lowest BCUT2D eigenvalue weighted by molar-refractivity contribution is 0.415. The molecule has 0 saturated carbocycles. The van der Waals surface area contributed by atoms with Gasteiger partial charge in [0.2, 0.25) is 0 Å². The zero-order valence-corrected chi connectivity index (χ0v) is 11.4. The van der Waals surface area contributed by atoms with Crippen molar-refractivity contribution in [2.75, 3.05) is 13.7 Å². The zero-order valence-electron chi connectivity index (χ0n) is 11.4. The predicted molar refractivity (Wildman–Crippen MR) is 79.1 cm³/mol. The van der Waals surface area contributed by atoms with Gasteiger partial charge in [0.1, 0.15) is 11.5 Å². The molecule has 0 bridgehead atoms. The van der Waals surface area contributed by atoms with Crippen LogP contribution in [0.3, 0.4) is 0 Å². The number of furan rings is 1. The minimum atomic E-state index is 0.224. The van der Waals surface area contributed by atoms with Gasteiger partial charge >= 0.3 is 0 Å². The molecule has 4 heteroatoms. The lowest BCUT2D eigenvalue weighted by Crippen LogP contribution is -2.14. The van der Waals surface area contributed by atoms with Crippen molar-refractivity contribution in [2.45, 2.75) is 12.3 Å². The number of aromatic amines is 1. The highest BCUT2D eigenvalue weighted by Crippen LogP contribution is 2.30. The Kier molecular flexibility index (Phi) is 3.48. The van der Waals surface area contributed by atoms with Gasteiger partial charge in [-0.1, -0.05) is 0 Å². The van der Waals surface area contributed by atoms with Crippen molar-refractivity contribution in [3.05, 3.63) is 54.1 Å². The van der Waals surface area contributed by atoms with E-state index in [1.807, 2.05) is 36.5 Å². The van der Waals surface area contributed by atoms with Gasteiger partial charge in [-0.15, -0.1) is 0 Å². The molecule has 2 aromatic heterocycles. The largest absolute Gasteiger partial charge is 0.497 e. The molecule has 3 aromatic rings. The quantitative estimate of drug-likeness (QED) is 0.749. The molecule has 3 rings (SSSR count). The van der Waals surface area contributed by atoms with Crippen LogP contribution in [0.5, 0.6) is 5.75 Å². The Balaban J connectivity index is 1.98. The number of benzene rings is 1. The highest BCUT2D eigenvalue weighted by Gasteiger charge is 2.16. The van der Waals surface area contributed by atoms with E-state index in [-0.39, 0.29) is 5.92 Å². The van der Waals surface area contributed by atoms with Gasteiger partial charge in [0.05, 0.1) is 13.4 Å². The molecule has 0 amide bonds. The Morgan fingerprint density at radius 3 is 2.95 bits per heavy atom. The maximum absolute atomic E-state index is 5.96. The second kappa shape index (κ2) is 5.43. The van der Waals surface area contributed by atoms with Gasteiger partial charge in [-0.2, -0.15) is 0 Å². The van der Waals surface area contributed by atoms with E-state index < -0.39 is 0 Å². The van der Waals surface area contributed by atoms with Crippen LogP contribution in [-0.4, -0.2) is 18.6 Å². The number of rotatable bonds is 5. The number of nitrogens with one attached hydrogen (secondary N) is 1. The molecule has 3 N–H and O–H groups in total. The molecule has 1 unspecified atom stereocenters. The topological polar surface area (TPSA) is 64.2 Å². The average Bonchev–Trinajstić information content (AvgIpc) is 3.13. The van der Waals surface area contributed by atoms with Gasteiger partial charge in [0.15, 0.2) is 0 Å². The Morgan fingerprint density at radius 2 is 2.25 bits per heavy atom. The third-order valence-electron chi connectivity index (χ3n) is 3.67. The second-order valence-electron chi connectivity index (χ2n) is 4.87. The molecule has 0 radical (unpaired) electrons. The van der Waals surface area contributed by atoms with E-state index in [1.54, 1.807) is 13.4 Å². The van der Waals surface area contributed by atoms with Gasteiger partial charge in [-0.25, -0.2) is 0 Å². The van der Waals surface area contributed by atoms with Crippen LogP contribution >= 0.6 is 0 Å². The Hall–Kier alpha value is -2.20. The number of methoxy groups -OCH3 is 1. The van der Waals surface area contributed by atoms with Gasteiger partial charge in [0.25, 0.3) is 0 Å². The highest BCUT2D eigenvalue weighted by molar-refractivity contribution is 5.85. The van der Waals surface area contributed by atoms with Crippen LogP contribution in [-0.2, 0) is 6.42 Å². The smallest absolute Gasteiger partial charge is 0.119 e. The molecule has 0 fully saturated rings. The van der Waals surface area contributed by atoms with Crippen molar-refractivity contribution in [1.29, 1.82) is 0 Å². The fraction of sp³-hybridized carbons (Fsp3) is 0.250. The number of hydrogen-bond acceptors (Lipinski definition) is 3. The van der Waals surface area contributed by atoms with Crippen molar-refractivity contribution in [3.8, 4) is 5.75 Å². The zero-order chi connectivity index (χ0) is 13.9. The number of nitrogens with two attached hydrogens (primary N) is 1. The number of hydrogen-bond donors (Lipinski definition) is 2. The Bertz CT molecular complexity index is 686. The minimum Gasteiger partial charge on any atom is -0.497 e. The summed E-state index contributed by atoms with van der Waals surface area (Å²) in [5.74, 6) is 2.03. The summed E-state index contributed by atoms with van der Waals surface area (Å²) in [6, 6.07) is 9.91. The SMILES string of the molecule is COc1ccc2[nH]cc(C(CN)Cc3ccco3)c2c1. The van der Waals surface area contributed by atoms with Gasteiger partial charge in [0, 0.05) is 29.4 Å². The van der Waals surface area contributed by atoms with Crippen molar-refractivity contribution < 1.29 is 9.15 Å². The summed E-state index contributed by atoms with van der Waals surface area (Å²) >= 11 is 0. The van der Waals surface area contributed by atoms with Crippen LogP contribution in [0.1, 0.15) is 17.2 Å². The summed E-state index contributed by atoms with van der Waals surface area (Å²) in [4.78, 5) is 3.29. The second-order valence-corrected chi connectivity index (χ2v) is 4.87. The van der Waals surface area contributed by atoms with Crippen LogP contribution in [0.2, 0.25) is 0 Å². The van der Waals surface area contributed by atoms with Crippen LogP contribution in [0.15, 0.2) is 47.2 Å². The van der Waals surface area contributed by atoms with Gasteiger partial charge < -0.3 is 19.9 Å². The van der Waals surface area contributed by atoms with E-state index >= 15 is 0 Å². The first-order valence-electron chi connectivity index (χ1n) is 6.69. The molecule has 4 nitrogen and oxygen atoms in total. The molecule has 0 spiro atoms. The normalized spacial score (nSPS) is 12.7. The number of ether oxygens (including phenoxy) is 1. The lowest BCUT2D eigenvalue weighted by Gasteiger charge is -2.13. The van der Waals surface area contributed by atoms with Crippen molar-refractivity contribution >= 4 is 10.9 Å². The first-order valence-corrected chi connectivity index (χ1v) is 6.69.